The van der Waals surface area contributed by atoms with Crippen LogP contribution in [0.5, 0.6) is 11.5 Å². The number of nitrogens with zero attached hydrogens (tertiary/aromatic N) is 1. The highest BCUT2D eigenvalue weighted by Gasteiger charge is 2.44. The fraction of sp³-hybridized carbons (Fsp3) is 0.409. The Morgan fingerprint density at radius 2 is 1.93 bits per heavy atom. The lowest BCUT2D eigenvalue weighted by Crippen LogP contribution is -2.44. The molecule has 2 aliphatic rings. The van der Waals surface area contributed by atoms with Gasteiger partial charge in [0.1, 0.15) is 6.61 Å². The topological polar surface area (TPSA) is 59.0 Å². The molecule has 0 unspecified atom stereocenters. The highest BCUT2D eigenvalue weighted by atomic mass is 19.1. The average Bonchev–Trinajstić information content (AvgIpc) is 3.07. The van der Waals surface area contributed by atoms with Crippen molar-refractivity contribution >= 4 is 5.97 Å². The first-order valence-corrected chi connectivity index (χ1v) is 9.64. The van der Waals surface area contributed by atoms with E-state index in [1.54, 1.807) is 6.07 Å². The molecule has 2 aliphatic heterocycles. The zero-order chi connectivity index (χ0) is 19.6. The molecule has 6 heteroatoms. The fourth-order valence-corrected chi connectivity index (χ4v) is 4.10. The van der Waals surface area contributed by atoms with Crippen molar-refractivity contribution in [3.05, 3.63) is 59.4 Å². The maximum Gasteiger partial charge on any atom is 0.304 e. The molecule has 0 saturated carbocycles. The third-order valence-corrected chi connectivity index (χ3v) is 5.82. The molecule has 0 aromatic heterocycles. The number of aliphatic carboxylic acids is 1. The molecule has 1 fully saturated rings. The van der Waals surface area contributed by atoms with Crippen molar-refractivity contribution in [3.63, 3.8) is 0 Å². The average molecular weight is 385 g/mol. The third-order valence-electron chi connectivity index (χ3n) is 5.82. The van der Waals surface area contributed by atoms with E-state index in [2.05, 4.69) is 4.90 Å². The lowest BCUT2D eigenvalue weighted by atomic mass is 9.74. The van der Waals surface area contributed by atoms with Gasteiger partial charge in [-0.3, -0.25) is 4.79 Å². The molecule has 0 aliphatic carbocycles. The van der Waals surface area contributed by atoms with Crippen LogP contribution in [0.4, 0.5) is 4.39 Å². The molecule has 2 aromatic rings. The Balaban J connectivity index is 1.44. The summed E-state index contributed by atoms with van der Waals surface area (Å²) in [7, 11) is 0. The quantitative estimate of drug-likeness (QED) is 0.823. The molecule has 0 amide bonds. The summed E-state index contributed by atoms with van der Waals surface area (Å²) >= 11 is 0. The Morgan fingerprint density at radius 3 is 2.64 bits per heavy atom. The third kappa shape index (κ3) is 3.69. The van der Waals surface area contributed by atoms with Gasteiger partial charge in [0.05, 0.1) is 13.0 Å². The van der Waals surface area contributed by atoms with E-state index in [0.717, 1.165) is 37.1 Å². The van der Waals surface area contributed by atoms with E-state index in [-0.39, 0.29) is 17.6 Å². The summed E-state index contributed by atoms with van der Waals surface area (Å²) in [6.07, 6.45) is 1.82. The molecule has 0 bridgehead atoms. The molecule has 148 valence electrons. The van der Waals surface area contributed by atoms with Gasteiger partial charge in [0.25, 0.3) is 0 Å². The first-order chi connectivity index (χ1) is 13.6. The minimum absolute atomic E-state index is 0.150. The largest absolute Gasteiger partial charge is 0.489 e. The smallest absolute Gasteiger partial charge is 0.304 e. The maximum atomic E-state index is 15.0. The van der Waals surface area contributed by atoms with Crippen LogP contribution in [-0.4, -0.2) is 42.2 Å². The number of rotatable bonds is 6. The van der Waals surface area contributed by atoms with Gasteiger partial charge in [-0.15, -0.1) is 0 Å². The van der Waals surface area contributed by atoms with Gasteiger partial charge in [0.15, 0.2) is 11.5 Å². The summed E-state index contributed by atoms with van der Waals surface area (Å²) in [5, 5.41) is 8.85. The molecule has 0 atom stereocenters. The summed E-state index contributed by atoms with van der Waals surface area (Å²) in [6, 6.07) is 13.3. The van der Waals surface area contributed by atoms with E-state index in [1.807, 2.05) is 36.4 Å². The van der Waals surface area contributed by atoms with E-state index in [4.69, 9.17) is 14.6 Å². The molecule has 4 rings (SSSR count). The number of fused-ring (bicyclic) bond motifs is 2. The summed E-state index contributed by atoms with van der Waals surface area (Å²) in [6.45, 7) is 2.92. The lowest BCUT2D eigenvalue weighted by Gasteiger charge is -2.38. The summed E-state index contributed by atoms with van der Waals surface area (Å²) < 4.78 is 26.4. The van der Waals surface area contributed by atoms with Crippen molar-refractivity contribution in [3.8, 4) is 11.5 Å². The van der Waals surface area contributed by atoms with Gasteiger partial charge in [0, 0.05) is 17.5 Å². The minimum atomic E-state index is -0.778. The molecule has 5 nitrogen and oxygen atoms in total. The number of piperidine rings is 1. The number of ether oxygens (including phenoxy) is 2. The Bertz CT molecular complexity index is 847. The van der Waals surface area contributed by atoms with E-state index >= 15 is 0 Å². The molecule has 0 radical (unpaired) electrons. The minimum Gasteiger partial charge on any atom is -0.489 e. The van der Waals surface area contributed by atoms with Crippen LogP contribution in [0.15, 0.2) is 42.5 Å². The lowest BCUT2D eigenvalue weighted by molar-refractivity contribution is -0.137. The van der Waals surface area contributed by atoms with Gasteiger partial charge in [-0.05, 0) is 37.6 Å². The van der Waals surface area contributed by atoms with Gasteiger partial charge in [-0.1, -0.05) is 36.4 Å². The van der Waals surface area contributed by atoms with Crippen LogP contribution in [0.25, 0.3) is 0 Å². The monoisotopic (exact) mass is 385 g/mol. The summed E-state index contributed by atoms with van der Waals surface area (Å²) in [5.41, 5.74) is 1.71. The molecule has 1 saturated heterocycles. The first kappa shape index (κ1) is 18.7. The number of benzene rings is 2. The summed E-state index contributed by atoms with van der Waals surface area (Å²) in [4.78, 5) is 12.9. The second-order valence-corrected chi connectivity index (χ2v) is 7.58. The number of hydrogen-bond acceptors (Lipinski definition) is 4. The molecular weight excluding hydrogens is 361 g/mol. The van der Waals surface area contributed by atoms with Crippen LogP contribution in [0, 0.1) is 5.82 Å². The van der Waals surface area contributed by atoms with Gasteiger partial charge in [-0.25, -0.2) is 0 Å². The molecular formula is C22H24FNO4. The number of carboxylic acid groups (broad SMARTS) is 1. The van der Waals surface area contributed by atoms with Crippen molar-refractivity contribution in [1.29, 1.82) is 0 Å². The fourth-order valence-electron chi connectivity index (χ4n) is 4.10. The van der Waals surface area contributed by atoms with Crippen LogP contribution in [0.3, 0.4) is 0 Å². The number of hydrogen-bond donors (Lipinski definition) is 1. The van der Waals surface area contributed by atoms with Crippen molar-refractivity contribution in [2.75, 3.05) is 26.2 Å². The SMILES string of the molecule is O=C(O)CCN1CCC2(CC1)COc1c2ccc(OCc2ccccc2)c1F. The normalized spacial score (nSPS) is 17.9. The second-order valence-electron chi connectivity index (χ2n) is 7.58. The zero-order valence-corrected chi connectivity index (χ0v) is 15.7. The van der Waals surface area contributed by atoms with Crippen molar-refractivity contribution in [2.45, 2.75) is 31.3 Å². The maximum absolute atomic E-state index is 15.0. The molecule has 1 spiro atoms. The van der Waals surface area contributed by atoms with E-state index < -0.39 is 11.8 Å². The Kier molecular flexibility index (Phi) is 5.22. The predicted molar refractivity (Wildman–Crippen MR) is 102 cm³/mol. The van der Waals surface area contributed by atoms with Crippen molar-refractivity contribution in [2.24, 2.45) is 0 Å². The van der Waals surface area contributed by atoms with Gasteiger partial charge in [-0.2, -0.15) is 4.39 Å². The van der Waals surface area contributed by atoms with Crippen LogP contribution in [0.2, 0.25) is 0 Å². The highest BCUT2D eigenvalue weighted by Crippen LogP contribution is 2.48. The van der Waals surface area contributed by atoms with Crippen LogP contribution in [-0.2, 0) is 16.8 Å². The standard InChI is InChI=1S/C22H24FNO4/c23-20-18(27-14-16-4-2-1-3-5-16)7-6-17-21(20)28-15-22(17)9-12-24(13-10-22)11-8-19(25)26/h1-7H,8-15H2,(H,25,26). The second kappa shape index (κ2) is 7.80. The molecule has 2 heterocycles. The predicted octanol–water partition coefficient (Wildman–Crippen LogP) is 3.61. The van der Waals surface area contributed by atoms with Crippen molar-refractivity contribution < 1.29 is 23.8 Å². The van der Waals surface area contributed by atoms with E-state index in [9.17, 15) is 9.18 Å². The Morgan fingerprint density at radius 1 is 1.18 bits per heavy atom. The van der Waals surface area contributed by atoms with Crippen LogP contribution < -0.4 is 9.47 Å². The van der Waals surface area contributed by atoms with Crippen LogP contribution in [0.1, 0.15) is 30.4 Å². The van der Waals surface area contributed by atoms with Crippen LogP contribution >= 0.6 is 0 Å². The number of carbonyl (C=O) groups is 1. The van der Waals surface area contributed by atoms with Gasteiger partial charge in [0.2, 0.25) is 5.82 Å². The Hall–Kier alpha value is -2.60. The van der Waals surface area contributed by atoms with Crippen molar-refractivity contribution in [1.82, 2.24) is 4.90 Å². The number of likely N-dealkylation sites (tertiary alicyclic amines) is 1. The zero-order valence-electron chi connectivity index (χ0n) is 15.7. The Labute approximate surface area is 163 Å². The number of halogens is 1. The molecule has 28 heavy (non-hydrogen) atoms. The molecule has 1 N–H and O–H groups in total. The summed E-state index contributed by atoms with van der Waals surface area (Å²) in [5.74, 6) is -0.693. The molecule has 2 aromatic carbocycles. The van der Waals surface area contributed by atoms with Gasteiger partial charge >= 0.3 is 5.97 Å². The first-order valence-electron chi connectivity index (χ1n) is 9.64. The highest BCUT2D eigenvalue weighted by molar-refractivity contribution is 5.66. The van der Waals surface area contributed by atoms with E-state index in [1.165, 1.54) is 0 Å². The van der Waals surface area contributed by atoms with Gasteiger partial charge < -0.3 is 19.5 Å². The van der Waals surface area contributed by atoms with E-state index in [0.29, 0.717) is 25.5 Å². The number of carboxylic acids is 1.